The maximum atomic E-state index is 11.8. The number of carbonyl (C=O) groups is 1. The topological polar surface area (TPSA) is 55.8 Å². The van der Waals surface area contributed by atoms with Crippen molar-refractivity contribution in [3.63, 3.8) is 0 Å². The van der Waals surface area contributed by atoms with E-state index in [0.717, 1.165) is 32.7 Å². The first-order chi connectivity index (χ1) is 9.28. The van der Waals surface area contributed by atoms with Crippen molar-refractivity contribution < 1.29 is 9.90 Å². The van der Waals surface area contributed by atoms with Crippen LogP contribution in [-0.4, -0.2) is 66.7 Å². The fourth-order valence-electron chi connectivity index (χ4n) is 2.17. The van der Waals surface area contributed by atoms with Gasteiger partial charge >= 0.3 is 0 Å². The van der Waals surface area contributed by atoms with Crippen molar-refractivity contribution in [1.29, 1.82) is 0 Å². The van der Waals surface area contributed by atoms with Crippen LogP contribution in [0.3, 0.4) is 0 Å². The number of hydrogen-bond acceptors (Lipinski definition) is 5. The van der Waals surface area contributed by atoms with E-state index in [-0.39, 0.29) is 12.5 Å². The second-order valence-corrected chi connectivity index (χ2v) is 5.73. The molecule has 0 unspecified atom stereocenters. The maximum Gasteiger partial charge on any atom is 0.234 e. The molecule has 0 bridgehead atoms. The van der Waals surface area contributed by atoms with Crippen molar-refractivity contribution in [2.24, 2.45) is 0 Å². The molecule has 106 valence electrons. The molecule has 0 radical (unpaired) electrons. The molecular formula is C13H21N3O2S. The Hall–Kier alpha value is -0.950. The first-order valence-corrected chi connectivity index (χ1v) is 7.50. The number of rotatable bonds is 6. The summed E-state index contributed by atoms with van der Waals surface area (Å²) in [6.07, 6.45) is 0. The molecule has 0 aromatic carbocycles. The van der Waals surface area contributed by atoms with Gasteiger partial charge in [-0.3, -0.25) is 14.6 Å². The average molecular weight is 283 g/mol. The number of amides is 1. The van der Waals surface area contributed by atoms with Crippen LogP contribution >= 0.6 is 11.3 Å². The average Bonchev–Trinajstić information content (AvgIpc) is 2.92. The summed E-state index contributed by atoms with van der Waals surface area (Å²) in [4.78, 5) is 17.4. The molecule has 1 aliphatic heterocycles. The zero-order valence-electron chi connectivity index (χ0n) is 11.0. The van der Waals surface area contributed by atoms with E-state index in [2.05, 4.69) is 15.1 Å². The highest BCUT2D eigenvalue weighted by Gasteiger charge is 2.18. The molecule has 0 saturated carbocycles. The standard InChI is InChI=1S/C13H21N3O2S/c17-8-7-15-3-5-16(6-4-15)11-13(18)14-10-12-2-1-9-19-12/h1-2,9,17H,3-8,10-11H2,(H,14,18). The predicted molar refractivity (Wildman–Crippen MR) is 76.1 cm³/mol. The Kier molecular flexibility index (Phi) is 5.78. The Bertz CT molecular complexity index is 375. The van der Waals surface area contributed by atoms with Gasteiger partial charge in [0.15, 0.2) is 0 Å². The van der Waals surface area contributed by atoms with Crippen LogP contribution in [0.15, 0.2) is 17.5 Å². The molecular weight excluding hydrogens is 262 g/mol. The highest BCUT2D eigenvalue weighted by molar-refractivity contribution is 7.09. The van der Waals surface area contributed by atoms with Crippen molar-refractivity contribution in [1.82, 2.24) is 15.1 Å². The molecule has 1 fully saturated rings. The van der Waals surface area contributed by atoms with Gasteiger partial charge in [-0.1, -0.05) is 6.07 Å². The summed E-state index contributed by atoms with van der Waals surface area (Å²) in [7, 11) is 0. The summed E-state index contributed by atoms with van der Waals surface area (Å²) < 4.78 is 0. The molecule has 1 aliphatic rings. The van der Waals surface area contributed by atoms with Crippen molar-refractivity contribution in [2.75, 3.05) is 45.9 Å². The highest BCUT2D eigenvalue weighted by atomic mass is 32.1. The van der Waals surface area contributed by atoms with Gasteiger partial charge in [0.25, 0.3) is 0 Å². The number of thiophene rings is 1. The zero-order valence-corrected chi connectivity index (χ0v) is 11.9. The van der Waals surface area contributed by atoms with E-state index in [1.807, 2.05) is 17.5 Å². The summed E-state index contributed by atoms with van der Waals surface area (Å²) >= 11 is 1.66. The van der Waals surface area contributed by atoms with Gasteiger partial charge in [0.2, 0.25) is 5.91 Å². The molecule has 0 atom stereocenters. The maximum absolute atomic E-state index is 11.8. The van der Waals surface area contributed by atoms with Gasteiger partial charge in [-0.2, -0.15) is 0 Å². The number of piperazine rings is 1. The number of carbonyl (C=O) groups excluding carboxylic acids is 1. The van der Waals surface area contributed by atoms with E-state index in [1.54, 1.807) is 11.3 Å². The van der Waals surface area contributed by atoms with Gasteiger partial charge in [-0.15, -0.1) is 11.3 Å². The molecule has 2 rings (SSSR count). The Morgan fingerprint density at radius 3 is 2.68 bits per heavy atom. The summed E-state index contributed by atoms with van der Waals surface area (Å²) in [6.45, 7) is 5.69. The van der Waals surface area contributed by atoms with Crippen LogP contribution in [0.5, 0.6) is 0 Å². The van der Waals surface area contributed by atoms with E-state index in [1.165, 1.54) is 4.88 Å². The first kappa shape index (κ1) is 14.5. The number of aliphatic hydroxyl groups excluding tert-OH is 1. The molecule has 2 heterocycles. The molecule has 0 spiro atoms. The van der Waals surface area contributed by atoms with Crippen LogP contribution in [0, 0.1) is 0 Å². The number of nitrogens with one attached hydrogen (secondary N) is 1. The zero-order chi connectivity index (χ0) is 13.5. The van der Waals surface area contributed by atoms with Crippen LogP contribution < -0.4 is 5.32 Å². The number of hydrogen-bond donors (Lipinski definition) is 2. The molecule has 0 aliphatic carbocycles. The second kappa shape index (κ2) is 7.59. The van der Waals surface area contributed by atoms with Gasteiger partial charge < -0.3 is 10.4 Å². The second-order valence-electron chi connectivity index (χ2n) is 4.70. The SMILES string of the molecule is O=C(CN1CCN(CCO)CC1)NCc1cccs1. The van der Waals surface area contributed by atoms with Gasteiger partial charge in [-0.05, 0) is 11.4 Å². The molecule has 1 aromatic rings. The minimum atomic E-state index is 0.0870. The molecule has 1 amide bonds. The van der Waals surface area contributed by atoms with Crippen LogP contribution in [0.4, 0.5) is 0 Å². The molecule has 5 nitrogen and oxygen atoms in total. The third kappa shape index (κ3) is 4.91. The van der Waals surface area contributed by atoms with Gasteiger partial charge in [0.1, 0.15) is 0 Å². The Morgan fingerprint density at radius 1 is 1.32 bits per heavy atom. The summed E-state index contributed by atoms with van der Waals surface area (Å²) in [5, 5.41) is 13.8. The van der Waals surface area contributed by atoms with E-state index >= 15 is 0 Å². The summed E-state index contributed by atoms with van der Waals surface area (Å²) in [6, 6.07) is 4.02. The van der Waals surface area contributed by atoms with E-state index in [4.69, 9.17) is 5.11 Å². The lowest BCUT2D eigenvalue weighted by molar-refractivity contribution is -0.122. The van der Waals surface area contributed by atoms with Crippen LogP contribution in [0.1, 0.15) is 4.88 Å². The normalized spacial score (nSPS) is 17.5. The number of nitrogens with zero attached hydrogens (tertiary/aromatic N) is 2. The van der Waals surface area contributed by atoms with E-state index in [9.17, 15) is 4.79 Å². The largest absolute Gasteiger partial charge is 0.395 e. The van der Waals surface area contributed by atoms with Gasteiger partial charge in [0.05, 0.1) is 19.7 Å². The lowest BCUT2D eigenvalue weighted by Gasteiger charge is -2.33. The summed E-state index contributed by atoms with van der Waals surface area (Å²) in [5.41, 5.74) is 0. The summed E-state index contributed by atoms with van der Waals surface area (Å²) in [5.74, 6) is 0.0870. The Labute approximate surface area is 117 Å². The van der Waals surface area contributed by atoms with Crippen molar-refractivity contribution in [3.05, 3.63) is 22.4 Å². The van der Waals surface area contributed by atoms with Gasteiger partial charge in [0, 0.05) is 37.6 Å². The fraction of sp³-hybridized carbons (Fsp3) is 0.615. The van der Waals surface area contributed by atoms with Crippen LogP contribution in [0.25, 0.3) is 0 Å². The number of aliphatic hydroxyl groups is 1. The third-order valence-corrected chi connectivity index (χ3v) is 4.16. The molecule has 2 N–H and O–H groups in total. The molecule has 1 aromatic heterocycles. The van der Waals surface area contributed by atoms with Crippen LogP contribution in [-0.2, 0) is 11.3 Å². The molecule has 1 saturated heterocycles. The quantitative estimate of drug-likeness (QED) is 0.770. The van der Waals surface area contributed by atoms with E-state index in [0.29, 0.717) is 13.1 Å². The smallest absolute Gasteiger partial charge is 0.234 e. The lowest BCUT2D eigenvalue weighted by Crippen LogP contribution is -2.49. The van der Waals surface area contributed by atoms with Crippen molar-refractivity contribution in [3.8, 4) is 0 Å². The highest BCUT2D eigenvalue weighted by Crippen LogP contribution is 2.07. The number of β-amino-alcohol motifs (C(OH)–C–C–N with tert-alkyl or cyclic N) is 1. The third-order valence-electron chi connectivity index (χ3n) is 3.29. The Balaban J connectivity index is 1.63. The minimum absolute atomic E-state index is 0.0870. The van der Waals surface area contributed by atoms with Crippen molar-refractivity contribution in [2.45, 2.75) is 6.54 Å². The van der Waals surface area contributed by atoms with E-state index < -0.39 is 0 Å². The lowest BCUT2D eigenvalue weighted by atomic mass is 10.3. The van der Waals surface area contributed by atoms with Gasteiger partial charge in [-0.25, -0.2) is 0 Å². The Morgan fingerprint density at radius 2 is 2.05 bits per heavy atom. The first-order valence-electron chi connectivity index (χ1n) is 6.62. The molecule has 6 heteroatoms. The van der Waals surface area contributed by atoms with Crippen molar-refractivity contribution >= 4 is 17.2 Å². The van der Waals surface area contributed by atoms with Crippen LogP contribution in [0.2, 0.25) is 0 Å². The molecule has 19 heavy (non-hydrogen) atoms. The fourth-order valence-corrected chi connectivity index (χ4v) is 2.81. The predicted octanol–water partition coefficient (Wildman–Crippen LogP) is -0.0258. The minimum Gasteiger partial charge on any atom is -0.395 e. The monoisotopic (exact) mass is 283 g/mol.